The van der Waals surface area contributed by atoms with Gasteiger partial charge in [0.1, 0.15) is 17.1 Å². The van der Waals surface area contributed by atoms with Crippen LogP contribution < -0.4 is 0 Å². The van der Waals surface area contributed by atoms with Crippen LogP contribution in [0.5, 0.6) is 11.5 Å². The molecule has 1 aromatic carbocycles. The summed E-state index contributed by atoms with van der Waals surface area (Å²) in [4.78, 5) is -0.562. The molecule has 0 spiro atoms. The van der Waals surface area contributed by atoms with Gasteiger partial charge in [-0.25, -0.2) is 0 Å². The van der Waals surface area contributed by atoms with Crippen LogP contribution in [0.25, 0.3) is 0 Å². The first-order valence-electron chi connectivity index (χ1n) is 7.26. The number of alkyl halides is 3. The van der Waals surface area contributed by atoms with E-state index >= 15 is 0 Å². The lowest BCUT2D eigenvalue weighted by molar-refractivity contribution is -0.141. The van der Waals surface area contributed by atoms with Gasteiger partial charge < -0.3 is 10.2 Å². The van der Waals surface area contributed by atoms with Crippen molar-refractivity contribution in [2.24, 2.45) is 0 Å². The van der Waals surface area contributed by atoms with Gasteiger partial charge in [-0.15, -0.1) is 23.5 Å². The van der Waals surface area contributed by atoms with Crippen molar-refractivity contribution in [1.29, 1.82) is 0 Å². The van der Waals surface area contributed by atoms with E-state index in [1.54, 1.807) is 0 Å². The van der Waals surface area contributed by atoms with Gasteiger partial charge in [0.15, 0.2) is 0 Å². The van der Waals surface area contributed by atoms with Crippen LogP contribution in [-0.4, -0.2) is 40.4 Å². The predicted octanol–water partition coefficient (Wildman–Crippen LogP) is 4.30. The van der Waals surface area contributed by atoms with Gasteiger partial charge in [0, 0.05) is 5.56 Å². The Bertz CT molecular complexity index is 718. The molecule has 5 nitrogen and oxygen atoms in total. The Labute approximate surface area is 152 Å². The van der Waals surface area contributed by atoms with E-state index in [0.29, 0.717) is 23.9 Å². The zero-order valence-electron chi connectivity index (χ0n) is 13.6. The highest BCUT2D eigenvalue weighted by Gasteiger charge is 2.40. The fraction of sp³-hybridized carbons (Fsp3) is 0.571. The molecule has 11 heteroatoms. The van der Waals surface area contributed by atoms with Crippen molar-refractivity contribution >= 4 is 33.6 Å². The normalized spacial score (nSPS) is 12.6. The molecule has 0 saturated heterocycles. The highest BCUT2D eigenvalue weighted by molar-refractivity contribution is 8.00. The molecule has 0 bridgehead atoms. The molecule has 25 heavy (non-hydrogen) atoms. The number of thioether (sulfide) groups is 2. The van der Waals surface area contributed by atoms with Crippen LogP contribution in [0.1, 0.15) is 30.9 Å². The summed E-state index contributed by atoms with van der Waals surface area (Å²) in [7, 11) is -4.21. The number of aromatic hydroxyl groups is 2. The second kappa shape index (κ2) is 8.74. The number of halogens is 3. The molecule has 0 aliphatic carbocycles. The van der Waals surface area contributed by atoms with Gasteiger partial charge in [0.05, 0.1) is 15.5 Å². The van der Waals surface area contributed by atoms with Crippen molar-refractivity contribution in [1.82, 2.24) is 0 Å². The van der Waals surface area contributed by atoms with Gasteiger partial charge in [0.25, 0.3) is 10.1 Å². The SMILES string of the molecule is CCCSc1c(C)c(O)c(SCCCS(=O)(=O)O)c(C(F)(F)F)c1O. The molecule has 1 aromatic rings. The lowest BCUT2D eigenvalue weighted by Crippen LogP contribution is -2.10. The summed E-state index contributed by atoms with van der Waals surface area (Å²) in [6.07, 6.45) is -4.31. The van der Waals surface area contributed by atoms with Gasteiger partial charge in [-0.1, -0.05) is 6.92 Å². The van der Waals surface area contributed by atoms with E-state index in [9.17, 15) is 31.8 Å². The smallest absolute Gasteiger partial charge is 0.421 e. The van der Waals surface area contributed by atoms with E-state index in [1.807, 2.05) is 6.92 Å². The first kappa shape index (κ1) is 22.3. The molecule has 144 valence electrons. The minimum absolute atomic E-state index is 0.0195. The summed E-state index contributed by atoms with van der Waals surface area (Å²) in [5, 5.41) is 20.3. The summed E-state index contributed by atoms with van der Waals surface area (Å²) >= 11 is 1.61. The lowest BCUT2D eigenvalue weighted by atomic mass is 10.1. The second-order valence-corrected chi connectivity index (χ2v) is 8.97. The van der Waals surface area contributed by atoms with Crippen LogP contribution in [0.4, 0.5) is 13.2 Å². The molecule has 0 aromatic heterocycles. The fourth-order valence-electron chi connectivity index (χ4n) is 1.99. The third-order valence-corrected chi connectivity index (χ3v) is 6.50. The molecule has 0 fully saturated rings. The Morgan fingerprint density at radius 2 is 1.60 bits per heavy atom. The molecular formula is C14H19F3O5S3. The van der Waals surface area contributed by atoms with Crippen molar-refractivity contribution in [2.75, 3.05) is 17.3 Å². The summed E-state index contributed by atoms with van der Waals surface area (Å²) in [6, 6.07) is 0. The number of benzene rings is 1. The Morgan fingerprint density at radius 3 is 2.08 bits per heavy atom. The molecule has 0 radical (unpaired) electrons. The van der Waals surface area contributed by atoms with Crippen molar-refractivity contribution in [3.63, 3.8) is 0 Å². The average Bonchev–Trinajstić information content (AvgIpc) is 2.46. The fourth-order valence-corrected chi connectivity index (χ4v) is 4.79. The van der Waals surface area contributed by atoms with Crippen LogP contribution in [0.15, 0.2) is 9.79 Å². The maximum absolute atomic E-state index is 13.4. The predicted molar refractivity (Wildman–Crippen MR) is 92.3 cm³/mol. The molecule has 0 aliphatic heterocycles. The minimum Gasteiger partial charge on any atom is -0.506 e. The van der Waals surface area contributed by atoms with Crippen molar-refractivity contribution in [3.05, 3.63) is 11.1 Å². The first-order chi connectivity index (χ1) is 11.4. The molecule has 0 unspecified atom stereocenters. The van der Waals surface area contributed by atoms with Crippen LogP contribution in [0.2, 0.25) is 0 Å². The molecule has 1 rings (SSSR count). The van der Waals surface area contributed by atoms with Crippen LogP contribution >= 0.6 is 23.5 Å². The number of hydrogen-bond acceptors (Lipinski definition) is 6. The molecule has 3 N–H and O–H groups in total. The van der Waals surface area contributed by atoms with Gasteiger partial charge in [-0.05, 0) is 31.3 Å². The number of rotatable bonds is 8. The second-order valence-electron chi connectivity index (χ2n) is 5.19. The van der Waals surface area contributed by atoms with E-state index in [0.717, 1.165) is 11.8 Å². The van der Waals surface area contributed by atoms with E-state index in [1.165, 1.54) is 6.92 Å². The molecular weight excluding hydrogens is 401 g/mol. The molecule has 0 heterocycles. The summed E-state index contributed by atoms with van der Waals surface area (Å²) < 4.78 is 70.2. The van der Waals surface area contributed by atoms with Gasteiger partial charge in [0.2, 0.25) is 0 Å². The van der Waals surface area contributed by atoms with Gasteiger partial charge in [-0.2, -0.15) is 21.6 Å². The zero-order valence-corrected chi connectivity index (χ0v) is 16.0. The van der Waals surface area contributed by atoms with Gasteiger partial charge >= 0.3 is 6.18 Å². The zero-order chi connectivity index (χ0) is 19.4. The third-order valence-electron chi connectivity index (χ3n) is 3.12. The largest absolute Gasteiger partial charge is 0.506 e. The van der Waals surface area contributed by atoms with Crippen molar-refractivity contribution < 1.29 is 36.4 Å². The maximum Gasteiger partial charge on any atom is 0.421 e. The Morgan fingerprint density at radius 1 is 1.04 bits per heavy atom. The molecule has 0 aliphatic rings. The van der Waals surface area contributed by atoms with Crippen molar-refractivity contribution in [3.8, 4) is 11.5 Å². The van der Waals surface area contributed by atoms with E-state index in [2.05, 4.69) is 0 Å². The standard InChI is InChI=1S/C14H19F3O5S3/c1-3-5-23-12-8(2)10(18)13(9(11(12)19)14(15,16)17)24-6-4-7-25(20,21)22/h18-19H,3-7H2,1-2H3,(H,20,21,22). The molecule has 0 atom stereocenters. The summed E-state index contributed by atoms with van der Waals surface area (Å²) in [5.41, 5.74) is -1.19. The first-order valence-corrected chi connectivity index (χ1v) is 10.8. The number of hydrogen-bond donors (Lipinski definition) is 3. The van der Waals surface area contributed by atoms with E-state index < -0.39 is 44.0 Å². The van der Waals surface area contributed by atoms with Crippen LogP contribution in [0, 0.1) is 6.92 Å². The monoisotopic (exact) mass is 420 g/mol. The summed E-state index contributed by atoms with van der Waals surface area (Å²) in [6.45, 7) is 3.25. The van der Waals surface area contributed by atoms with E-state index in [-0.39, 0.29) is 22.6 Å². The highest BCUT2D eigenvalue weighted by atomic mass is 32.2. The van der Waals surface area contributed by atoms with Gasteiger partial charge in [-0.3, -0.25) is 4.55 Å². The Hall–Kier alpha value is -0.780. The van der Waals surface area contributed by atoms with Crippen LogP contribution in [0.3, 0.4) is 0 Å². The van der Waals surface area contributed by atoms with Crippen molar-refractivity contribution in [2.45, 2.75) is 42.7 Å². The Balaban J connectivity index is 3.26. The number of phenols is 2. The topological polar surface area (TPSA) is 94.8 Å². The third kappa shape index (κ3) is 6.15. The maximum atomic E-state index is 13.4. The molecule has 0 saturated carbocycles. The van der Waals surface area contributed by atoms with Crippen LogP contribution in [-0.2, 0) is 16.3 Å². The van der Waals surface area contributed by atoms with E-state index in [4.69, 9.17) is 4.55 Å². The quantitative estimate of drug-likeness (QED) is 0.250. The minimum atomic E-state index is -4.89. The average molecular weight is 420 g/mol. The lowest BCUT2D eigenvalue weighted by Gasteiger charge is -2.20. The number of phenolic OH excluding ortho intramolecular Hbond substituents is 2. The molecule has 0 amide bonds. The summed E-state index contributed by atoms with van der Waals surface area (Å²) in [5.74, 6) is -1.72. The highest BCUT2D eigenvalue weighted by Crippen LogP contribution is 2.52. The Kier molecular flexibility index (Phi) is 7.78.